The zero-order valence-electron chi connectivity index (χ0n) is 6.84. The van der Waals surface area contributed by atoms with Crippen LogP contribution in [0.1, 0.15) is 21.6 Å². The summed E-state index contributed by atoms with van der Waals surface area (Å²) < 4.78 is 0. The molecule has 0 atom stereocenters. The smallest absolute Gasteiger partial charge is 0.337 e. The highest BCUT2D eigenvalue weighted by Crippen LogP contribution is 2.19. The first-order valence-electron chi connectivity index (χ1n) is 3.51. The Kier molecular flexibility index (Phi) is 3.27. The van der Waals surface area contributed by atoms with Gasteiger partial charge in [-0.25, -0.2) is 9.78 Å². The van der Waals surface area contributed by atoms with Gasteiger partial charge in [0.1, 0.15) is 5.15 Å². The number of carboxylic acid groups (broad SMARTS) is 1. The van der Waals surface area contributed by atoms with Crippen LogP contribution in [-0.4, -0.2) is 16.1 Å². The van der Waals surface area contributed by atoms with Crippen LogP contribution < -0.4 is 0 Å². The second kappa shape index (κ2) is 4.07. The third-order valence-corrected chi connectivity index (χ3v) is 2.41. The maximum atomic E-state index is 10.8. The van der Waals surface area contributed by atoms with E-state index in [1.54, 1.807) is 13.0 Å². The van der Waals surface area contributed by atoms with Crippen LogP contribution in [0.2, 0.25) is 5.15 Å². The van der Waals surface area contributed by atoms with Crippen molar-refractivity contribution in [1.29, 1.82) is 0 Å². The molecular weight excluding hydrogens is 257 g/mol. The van der Waals surface area contributed by atoms with Crippen LogP contribution in [0.15, 0.2) is 6.07 Å². The molecule has 0 radical (unpaired) electrons. The van der Waals surface area contributed by atoms with Gasteiger partial charge in [0.2, 0.25) is 0 Å². The molecule has 0 aliphatic carbocycles. The third-order valence-electron chi connectivity index (χ3n) is 1.61. The Balaban J connectivity index is 3.38. The molecule has 0 spiro atoms. The van der Waals surface area contributed by atoms with Crippen LogP contribution in [0.3, 0.4) is 0 Å². The van der Waals surface area contributed by atoms with Crippen molar-refractivity contribution in [2.75, 3.05) is 0 Å². The van der Waals surface area contributed by atoms with Gasteiger partial charge in [-0.2, -0.15) is 0 Å². The normalized spacial score (nSPS) is 10.1. The summed E-state index contributed by atoms with van der Waals surface area (Å²) in [6.07, 6.45) is 0. The van der Waals surface area contributed by atoms with E-state index < -0.39 is 5.97 Å². The average Bonchev–Trinajstić information content (AvgIpc) is 2.01. The van der Waals surface area contributed by atoms with Crippen molar-refractivity contribution in [3.8, 4) is 0 Å². The number of hydrogen-bond donors (Lipinski definition) is 1. The zero-order valence-corrected chi connectivity index (χ0v) is 9.18. The van der Waals surface area contributed by atoms with Gasteiger partial charge in [0.05, 0.1) is 11.3 Å². The minimum Gasteiger partial charge on any atom is -0.478 e. The fraction of sp³-hybridized carbons (Fsp3) is 0.250. The lowest BCUT2D eigenvalue weighted by Gasteiger charge is -2.05. The largest absolute Gasteiger partial charge is 0.478 e. The number of carboxylic acids is 1. The van der Waals surface area contributed by atoms with Crippen LogP contribution in [0, 0.1) is 6.92 Å². The summed E-state index contributed by atoms with van der Waals surface area (Å²) >= 11 is 8.88. The molecule has 1 heterocycles. The highest BCUT2D eigenvalue weighted by atomic mass is 79.9. The molecule has 1 aromatic rings. The van der Waals surface area contributed by atoms with Crippen molar-refractivity contribution in [1.82, 2.24) is 4.98 Å². The van der Waals surface area contributed by atoms with Crippen molar-refractivity contribution in [2.24, 2.45) is 0 Å². The quantitative estimate of drug-likeness (QED) is 0.660. The topological polar surface area (TPSA) is 50.2 Å². The van der Waals surface area contributed by atoms with E-state index in [9.17, 15) is 4.79 Å². The molecule has 0 bridgehead atoms. The lowest BCUT2D eigenvalue weighted by atomic mass is 10.1. The molecule has 0 aliphatic rings. The van der Waals surface area contributed by atoms with Crippen LogP contribution in [0.5, 0.6) is 0 Å². The summed E-state index contributed by atoms with van der Waals surface area (Å²) in [4.78, 5) is 14.7. The molecule has 0 aromatic carbocycles. The number of alkyl halides is 1. The van der Waals surface area contributed by atoms with Crippen LogP contribution in [0.4, 0.5) is 0 Å². The van der Waals surface area contributed by atoms with Gasteiger partial charge in [-0.3, -0.25) is 0 Å². The number of rotatable bonds is 2. The Labute approximate surface area is 88.9 Å². The number of pyridine rings is 1. The average molecular weight is 265 g/mol. The zero-order chi connectivity index (χ0) is 10.0. The fourth-order valence-corrected chi connectivity index (χ4v) is 1.79. The third kappa shape index (κ3) is 2.19. The number of carbonyl (C=O) groups is 1. The van der Waals surface area contributed by atoms with E-state index >= 15 is 0 Å². The molecule has 0 aliphatic heterocycles. The standard InChI is InChI=1S/C8H7BrClNO2/c1-4-7(8(12)13)5(3-9)2-6(10)11-4/h2H,3H2,1H3,(H,12,13). The minimum absolute atomic E-state index is 0.223. The van der Waals surface area contributed by atoms with Crippen molar-refractivity contribution < 1.29 is 9.90 Å². The predicted molar refractivity (Wildman–Crippen MR) is 53.6 cm³/mol. The number of halogens is 2. The molecule has 70 valence electrons. The number of aromatic nitrogens is 1. The molecule has 0 saturated heterocycles. The molecule has 0 amide bonds. The van der Waals surface area contributed by atoms with E-state index in [0.29, 0.717) is 21.7 Å². The van der Waals surface area contributed by atoms with Gasteiger partial charge in [0.25, 0.3) is 0 Å². The monoisotopic (exact) mass is 263 g/mol. The Morgan fingerprint density at radius 3 is 2.85 bits per heavy atom. The van der Waals surface area contributed by atoms with Gasteiger partial charge in [0.15, 0.2) is 0 Å². The van der Waals surface area contributed by atoms with Crippen LogP contribution in [0.25, 0.3) is 0 Å². The van der Waals surface area contributed by atoms with Crippen LogP contribution >= 0.6 is 27.5 Å². The first kappa shape index (κ1) is 10.5. The summed E-state index contributed by atoms with van der Waals surface area (Å²) in [6.45, 7) is 1.63. The van der Waals surface area contributed by atoms with Gasteiger partial charge in [-0.15, -0.1) is 0 Å². The fourth-order valence-electron chi connectivity index (χ4n) is 1.09. The molecule has 13 heavy (non-hydrogen) atoms. The SMILES string of the molecule is Cc1nc(Cl)cc(CBr)c1C(=O)O. The van der Waals surface area contributed by atoms with E-state index in [1.165, 1.54) is 0 Å². The molecular formula is C8H7BrClNO2. The number of aryl methyl sites for hydroxylation is 1. The minimum atomic E-state index is -0.976. The Morgan fingerprint density at radius 1 is 1.77 bits per heavy atom. The van der Waals surface area contributed by atoms with Crippen molar-refractivity contribution in [2.45, 2.75) is 12.3 Å². The summed E-state index contributed by atoms with van der Waals surface area (Å²) in [6, 6.07) is 1.55. The van der Waals surface area contributed by atoms with Crippen molar-refractivity contribution in [3.63, 3.8) is 0 Å². The molecule has 3 nitrogen and oxygen atoms in total. The highest BCUT2D eigenvalue weighted by Gasteiger charge is 2.14. The van der Waals surface area contributed by atoms with E-state index in [2.05, 4.69) is 20.9 Å². The van der Waals surface area contributed by atoms with E-state index in [4.69, 9.17) is 16.7 Å². The van der Waals surface area contributed by atoms with Gasteiger partial charge in [0, 0.05) is 5.33 Å². The van der Waals surface area contributed by atoms with E-state index in [-0.39, 0.29) is 5.56 Å². The van der Waals surface area contributed by atoms with Crippen molar-refractivity contribution >= 4 is 33.5 Å². The van der Waals surface area contributed by atoms with E-state index in [1.807, 2.05) is 0 Å². The number of aromatic carboxylic acids is 1. The summed E-state index contributed by atoms with van der Waals surface area (Å²) in [5.41, 5.74) is 1.31. The van der Waals surface area contributed by atoms with Crippen molar-refractivity contribution in [3.05, 3.63) is 28.0 Å². The summed E-state index contributed by atoms with van der Waals surface area (Å²) in [5.74, 6) is -0.976. The highest BCUT2D eigenvalue weighted by molar-refractivity contribution is 9.08. The summed E-state index contributed by atoms with van der Waals surface area (Å²) in [7, 11) is 0. The first-order valence-corrected chi connectivity index (χ1v) is 5.01. The molecule has 0 saturated carbocycles. The molecule has 5 heteroatoms. The Morgan fingerprint density at radius 2 is 2.38 bits per heavy atom. The van der Waals surface area contributed by atoms with Gasteiger partial charge in [-0.05, 0) is 18.6 Å². The first-order chi connectivity index (χ1) is 6.06. The van der Waals surface area contributed by atoms with E-state index in [0.717, 1.165) is 0 Å². The summed E-state index contributed by atoms with van der Waals surface area (Å²) in [5, 5.41) is 9.64. The van der Waals surface area contributed by atoms with Gasteiger partial charge < -0.3 is 5.11 Å². The lowest BCUT2D eigenvalue weighted by Crippen LogP contribution is -2.06. The maximum absolute atomic E-state index is 10.8. The van der Waals surface area contributed by atoms with Gasteiger partial charge >= 0.3 is 5.97 Å². The number of nitrogens with zero attached hydrogens (tertiary/aromatic N) is 1. The molecule has 0 unspecified atom stereocenters. The Hall–Kier alpha value is -0.610. The lowest BCUT2D eigenvalue weighted by molar-refractivity contribution is 0.0694. The molecule has 1 rings (SSSR count). The number of hydrogen-bond acceptors (Lipinski definition) is 2. The maximum Gasteiger partial charge on any atom is 0.337 e. The molecule has 1 aromatic heterocycles. The second-order valence-corrected chi connectivity index (χ2v) is 3.45. The van der Waals surface area contributed by atoms with Gasteiger partial charge in [-0.1, -0.05) is 27.5 Å². The van der Waals surface area contributed by atoms with Crippen LogP contribution in [-0.2, 0) is 5.33 Å². The second-order valence-electron chi connectivity index (χ2n) is 2.50. The Bertz CT molecular complexity index is 354. The predicted octanol–water partition coefficient (Wildman–Crippen LogP) is 2.64. The molecule has 0 fully saturated rings. The molecule has 1 N–H and O–H groups in total.